The van der Waals surface area contributed by atoms with Crippen molar-refractivity contribution in [3.8, 4) is 5.75 Å². The summed E-state index contributed by atoms with van der Waals surface area (Å²) in [4.78, 5) is 0. The summed E-state index contributed by atoms with van der Waals surface area (Å²) in [7, 11) is 0. The normalized spacial score (nSPS) is 11.3. The van der Waals surface area contributed by atoms with E-state index in [9.17, 15) is 17.3 Å². The Labute approximate surface area is 147 Å². The zero-order valence-corrected chi connectivity index (χ0v) is 13.8. The van der Waals surface area contributed by atoms with E-state index < -0.39 is 18.3 Å². The van der Waals surface area contributed by atoms with Crippen LogP contribution in [0.3, 0.4) is 0 Å². The molecule has 0 bridgehead atoms. The van der Waals surface area contributed by atoms with Crippen molar-refractivity contribution in [1.29, 1.82) is 0 Å². The molecule has 0 aliphatic rings. The molecule has 0 aromatic heterocycles. The molecular formula is C11H14BF4KO. The molecule has 0 saturated carbocycles. The molecule has 7 heteroatoms. The molecule has 0 heterocycles. The van der Waals surface area contributed by atoms with Gasteiger partial charge in [0.25, 0.3) is 0 Å². The van der Waals surface area contributed by atoms with Crippen LogP contribution in [0.1, 0.15) is 20.3 Å². The molecule has 1 aromatic rings. The number of halogens is 4. The molecule has 0 atom stereocenters. The standard InChI is InChI=1S/C11H14BF4O.K/c1-8(2)5-6-17-9-3-4-10(11(13)7-9)12(14,15)16;/h3-4,7-8H,5-6H2,1-2H3;/q-1;+1. The quantitative estimate of drug-likeness (QED) is 0.560. The van der Waals surface area contributed by atoms with Crippen LogP contribution >= 0.6 is 0 Å². The SMILES string of the molecule is CC(C)CCOc1ccc([B-](F)(F)F)c(F)c1.[K+]. The second-order valence-corrected chi connectivity index (χ2v) is 4.29. The van der Waals surface area contributed by atoms with Gasteiger partial charge in [0.05, 0.1) is 12.4 Å². The Morgan fingerprint density at radius 1 is 1.22 bits per heavy atom. The number of ether oxygens (including phenoxy) is 1. The van der Waals surface area contributed by atoms with Gasteiger partial charge in [-0.1, -0.05) is 25.4 Å². The predicted octanol–water partition coefficient (Wildman–Crippen LogP) is 0.309. The zero-order valence-electron chi connectivity index (χ0n) is 10.7. The molecule has 0 aliphatic heterocycles. The molecule has 0 amide bonds. The third-order valence-corrected chi connectivity index (χ3v) is 2.29. The molecule has 18 heavy (non-hydrogen) atoms. The largest absolute Gasteiger partial charge is 1.00 e. The molecule has 0 spiro atoms. The molecule has 1 aromatic carbocycles. The Kier molecular flexibility index (Phi) is 8.09. The summed E-state index contributed by atoms with van der Waals surface area (Å²) in [5.41, 5.74) is -1.21. The van der Waals surface area contributed by atoms with Gasteiger partial charge in [0.1, 0.15) is 5.75 Å². The van der Waals surface area contributed by atoms with Crippen LogP contribution in [0.2, 0.25) is 0 Å². The Hall–Kier alpha value is 0.441. The number of hydrogen-bond donors (Lipinski definition) is 0. The first-order valence-electron chi connectivity index (χ1n) is 5.43. The van der Waals surface area contributed by atoms with Crippen LogP contribution in [0.5, 0.6) is 5.75 Å². The first-order chi connectivity index (χ1) is 7.80. The van der Waals surface area contributed by atoms with Crippen LogP contribution in [0.15, 0.2) is 18.2 Å². The van der Waals surface area contributed by atoms with E-state index in [1.807, 2.05) is 13.8 Å². The van der Waals surface area contributed by atoms with E-state index in [-0.39, 0.29) is 57.1 Å². The van der Waals surface area contributed by atoms with Crippen molar-refractivity contribution >= 4 is 12.4 Å². The van der Waals surface area contributed by atoms with E-state index in [0.29, 0.717) is 12.5 Å². The molecule has 0 saturated heterocycles. The Morgan fingerprint density at radius 2 is 1.83 bits per heavy atom. The fourth-order valence-electron chi connectivity index (χ4n) is 1.28. The number of rotatable bonds is 5. The van der Waals surface area contributed by atoms with Crippen LogP contribution in [-0.4, -0.2) is 13.6 Å². The maximum Gasteiger partial charge on any atom is 1.00 e. The molecule has 96 valence electrons. The minimum atomic E-state index is -5.30. The van der Waals surface area contributed by atoms with Crippen LogP contribution in [0.4, 0.5) is 17.3 Å². The van der Waals surface area contributed by atoms with E-state index >= 15 is 0 Å². The molecule has 0 fully saturated rings. The van der Waals surface area contributed by atoms with Gasteiger partial charge < -0.3 is 17.7 Å². The van der Waals surface area contributed by atoms with E-state index in [4.69, 9.17) is 4.74 Å². The monoisotopic (exact) mass is 288 g/mol. The Bertz CT molecular complexity index is 382. The van der Waals surface area contributed by atoms with Gasteiger partial charge in [0.2, 0.25) is 0 Å². The van der Waals surface area contributed by atoms with Gasteiger partial charge in [-0.15, -0.1) is 0 Å². The number of benzene rings is 1. The first-order valence-corrected chi connectivity index (χ1v) is 5.43. The summed E-state index contributed by atoms with van der Waals surface area (Å²) in [6.45, 7) is -0.935. The summed E-state index contributed by atoms with van der Waals surface area (Å²) < 4.78 is 55.3. The maximum absolute atomic E-state index is 13.1. The topological polar surface area (TPSA) is 9.23 Å². The Balaban J connectivity index is 0.00000289. The van der Waals surface area contributed by atoms with Gasteiger partial charge in [-0.05, 0) is 18.4 Å². The maximum atomic E-state index is 13.1. The van der Waals surface area contributed by atoms with Gasteiger partial charge in [0, 0.05) is 6.07 Å². The summed E-state index contributed by atoms with van der Waals surface area (Å²) in [5, 5.41) is 0. The minimum Gasteiger partial charge on any atom is -0.493 e. The van der Waals surface area contributed by atoms with Crippen molar-refractivity contribution in [2.75, 3.05) is 6.61 Å². The van der Waals surface area contributed by atoms with Gasteiger partial charge in [-0.25, -0.2) is 4.39 Å². The third-order valence-electron chi connectivity index (χ3n) is 2.29. The van der Waals surface area contributed by atoms with Crippen LogP contribution in [0, 0.1) is 11.7 Å². The van der Waals surface area contributed by atoms with Crippen LogP contribution in [0.25, 0.3) is 0 Å². The third kappa shape index (κ3) is 6.06. The summed E-state index contributed by atoms with van der Waals surface area (Å²) in [6.07, 6.45) is 0.770. The van der Waals surface area contributed by atoms with E-state index in [0.717, 1.165) is 24.6 Å². The van der Waals surface area contributed by atoms with Gasteiger partial charge >= 0.3 is 58.4 Å². The fraction of sp³-hybridized carbons (Fsp3) is 0.455. The summed E-state index contributed by atoms with van der Waals surface area (Å²) in [5.74, 6) is -0.718. The van der Waals surface area contributed by atoms with E-state index in [1.54, 1.807) is 0 Å². The van der Waals surface area contributed by atoms with Crippen molar-refractivity contribution in [2.24, 2.45) is 5.92 Å². The summed E-state index contributed by atoms with van der Waals surface area (Å²) in [6, 6.07) is 2.65. The molecule has 1 rings (SSSR count). The van der Waals surface area contributed by atoms with E-state index in [2.05, 4.69) is 0 Å². The average molecular weight is 288 g/mol. The van der Waals surface area contributed by atoms with Crippen molar-refractivity contribution in [3.63, 3.8) is 0 Å². The van der Waals surface area contributed by atoms with Crippen molar-refractivity contribution in [1.82, 2.24) is 0 Å². The van der Waals surface area contributed by atoms with Crippen molar-refractivity contribution < 1.29 is 73.5 Å². The fourth-order valence-corrected chi connectivity index (χ4v) is 1.28. The second kappa shape index (κ2) is 7.89. The molecule has 0 N–H and O–H groups in total. The van der Waals surface area contributed by atoms with Gasteiger partial charge in [-0.3, -0.25) is 0 Å². The molecule has 0 radical (unpaired) electrons. The first kappa shape index (κ1) is 18.4. The van der Waals surface area contributed by atoms with Crippen molar-refractivity contribution in [2.45, 2.75) is 20.3 Å². The van der Waals surface area contributed by atoms with Gasteiger partial charge in [-0.2, -0.15) is 0 Å². The molecule has 1 nitrogen and oxygen atoms in total. The molecular weight excluding hydrogens is 274 g/mol. The number of hydrogen-bond acceptors (Lipinski definition) is 1. The molecule has 0 unspecified atom stereocenters. The second-order valence-electron chi connectivity index (χ2n) is 4.29. The minimum absolute atomic E-state index is 0. The summed E-state index contributed by atoms with van der Waals surface area (Å²) >= 11 is 0. The zero-order chi connectivity index (χ0) is 13.1. The van der Waals surface area contributed by atoms with E-state index in [1.165, 1.54) is 0 Å². The molecule has 0 aliphatic carbocycles. The average Bonchev–Trinajstić information content (AvgIpc) is 2.14. The smallest absolute Gasteiger partial charge is 0.493 e. The van der Waals surface area contributed by atoms with Gasteiger partial charge in [0.15, 0.2) is 0 Å². The van der Waals surface area contributed by atoms with Crippen LogP contribution in [-0.2, 0) is 0 Å². The van der Waals surface area contributed by atoms with Crippen LogP contribution < -0.4 is 61.6 Å². The predicted molar refractivity (Wildman–Crippen MR) is 60.1 cm³/mol. The Morgan fingerprint density at radius 3 is 2.28 bits per heavy atom. The van der Waals surface area contributed by atoms with Crippen molar-refractivity contribution in [3.05, 3.63) is 24.0 Å².